The molecule has 0 saturated heterocycles. The Labute approximate surface area is 112 Å². The zero-order chi connectivity index (χ0) is 13.1. The lowest BCUT2D eigenvalue weighted by molar-refractivity contribution is -0.660. The first kappa shape index (κ1) is 11.5. The van der Waals surface area contributed by atoms with Gasteiger partial charge in [0.2, 0.25) is 5.69 Å². The Morgan fingerprint density at radius 2 is 1.58 bits per heavy atom. The average Bonchev–Trinajstić information content (AvgIpc) is 2.49. The van der Waals surface area contributed by atoms with Crippen molar-refractivity contribution in [3.63, 3.8) is 0 Å². The standard InChI is InChI=1S/C16H14N3/c1-19-12-5-3-10-16(19)15-9-6-8-14(18-15)13-7-2-4-11-17-13/h2-12H,1H3/q+1. The van der Waals surface area contributed by atoms with Crippen LogP contribution in [-0.2, 0) is 7.05 Å². The van der Waals surface area contributed by atoms with E-state index in [1.165, 1.54) is 0 Å². The van der Waals surface area contributed by atoms with Crippen LogP contribution < -0.4 is 4.57 Å². The molecule has 0 radical (unpaired) electrons. The van der Waals surface area contributed by atoms with Crippen molar-refractivity contribution in [2.45, 2.75) is 0 Å². The summed E-state index contributed by atoms with van der Waals surface area (Å²) in [6.07, 6.45) is 3.80. The second-order valence-corrected chi connectivity index (χ2v) is 4.32. The minimum atomic E-state index is 0.891. The van der Waals surface area contributed by atoms with Gasteiger partial charge in [0.1, 0.15) is 12.7 Å². The van der Waals surface area contributed by atoms with Gasteiger partial charge in [0.25, 0.3) is 0 Å². The first-order chi connectivity index (χ1) is 9.34. The molecule has 0 aliphatic heterocycles. The molecule has 0 unspecified atom stereocenters. The Hall–Kier alpha value is -2.55. The zero-order valence-electron chi connectivity index (χ0n) is 10.7. The molecule has 3 heteroatoms. The van der Waals surface area contributed by atoms with Gasteiger partial charge in [0.15, 0.2) is 6.20 Å². The summed E-state index contributed by atoms with van der Waals surface area (Å²) in [6, 6.07) is 17.9. The van der Waals surface area contributed by atoms with Crippen molar-refractivity contribution >= 4 is 0 Å². The molecular weight excluding hydrogens is 234 g/mol. The number of hydrogen-bond donors (Lipinski definition) is 0. The molecule has 0 bridgehead atoms. The highest BCUT2D eigenvalue weighted by molar-refractivity contribution is 5.59. The molecule has 3 rings (SSSR count). The van der Waals surface area contributed by atoms with Crippen LogP contribution in [0.2, 0.25) is 0 Å². The molecule has 0 atom stereocenters. The maximum atomic E-state index is 4.69. The predicted octanol–water partition coefficient (Wildman–Crippen LogP) is 2.64. The van der Waals surface area contributed by atoms with Crippen molar-refractivity contribution in [1.29, 1.82) is 0 Å². The van der Waals surface area contributed by atoms with Crippen LogP contribution in [-0.4, -0.2) is 9.97 Å². The maximum Gasteiger partial charge on any atom is 0.230 e. The van der Waals surface area contributed by atoms with Crippen LogP contribution in [0.4, 0.5) is 0 Å². The lowest BCUT2D eigenvalue weighted by Gasteiger charge is -2.03. The number of hydrogen-bond acceptors (Lipinski definition) is 2. The summed E-state index contributed by atoms with van der Waals surface area (Å²) in [5, 5.41) is 0. The first-order valence-electron chi connectivity index (χ1n) is 6.18. The summed E-state index contributed by atoms with van der Waals surface area (Å²) in [6.45, 7) is 0. The van der Waals surface area contributed by atoms with E-state index in [1.54, 1.807) is 6.20 Å². The van der Waals surface area contributed by atoms with Crippen molar-refractivity contribution < 1.29 is 4.57 Å². The van der Waals surface area contributed by atoms with Crippen molar-refractivity contribution in [2.75, 3.05) is 0 Å². The fourth-order valence-corrected chi connectivity index (χ4v) is 2.02. The van der Waals surface area contributed by atoms with E-state index < -0.39 is 0 Å². The van der Waals surface area contributed by atoms with Crippen molar-refractivity contribution in [3.05, 3.63) is 67.0 Å². The van der Waals surface area contributed by atoms with E-state index in [1.807, 2.05) is 61.8 Å². The number of aromatic nitrogens is 3. The fourth-order valence-electron chi connectivity index (χ4n) is 2.02. The molecule has 92 valence electrons. The summed E-state index contributed by atoms with van der Waals surface area (Å²) in [5.41, 5.74) is 3.82. The van der Waals surface area contributed by atoms with Gasteiger partial charge < -0.3 is 0 Å². The third-order valence-corrected chi connectivity index (χ3v) is 2.99. The normalized spacial score (nSPS) is 10.4. The van der Waals surface area contributed by atoms with Gasteiger partial charge in [-0.3, -0.25) is 4.98 Å². The van der Waals surface area contributed by atoms with Gasteiger partial charge in [0, 0.05) is 18.3 Å². The van der Waals surface area contributed by atoms with Crippen LogP contribution in [0.5, 0.6) is 0 Å². The molecule has 0 N–H and O–H groups in total. The average molecular weight is 248 g/mol. The minimum absolute atomic E-state index is 0.891. The van der Waals surface area contributed by atoms with Crippen LogP contribution in [0.1, 0.15) is 0 Å². The molecule has 3 nitrogen and oxygen atoms in total. The molecule has 3 heterocycles. The first-order valence-corrected chi connectivity index (χ1v) is 6.18. The van der Waals surface area contributed by atoms with Crippen LogP contribution in [0.3, 0.4) is 0 Å². The smallest absolute Gasteiger partial charge is 0.230 e. The second-order valence-electron chi connectivity index (χ2n) is 4.32. The Balaban J connectivity index is 2.09. The summed E-state index contributed by atoms with van der Waals surface area (Å²) in [7, 11) is 2.02. The Morgan fingerprint density at radius 3 is 2.37 bits per heavy atom. The number of nitrogens with zero attached hydrogens (tertiary/aromatic N) is 3. The quantitative estimate of drug-likeness (QED) is 0.652. The lowest BCUT2D eigenvalue weighted by Crippen LogP contribution is -2.30. The Bertz CT molecular complexity index is 693. The molecule has 0 aliphatic carbocycles. The maximum absolute atomic E-state index is 4.69. The molecule has 19 heavy (non-hydrogen) atoms. The van der Waals surface area contributed by atoms with Gasteiger partial charge in [-0.15, -0.1) is 0 Å². The molecule has 0 fully saturated rings. The van der Waals surface area contributed by atoms with Gasteiger partial charge >= 0.3 is 0 Å². The highest BCUT2D eigenvalue weighted by atomic mass is 14.9. The van der Waals surface area contributed by atoms with Crippen LogP contribution in [0.15, 0.2) is 67.0 Å². The van der Waals surface area contributed by atoms with E-state index in [2.05, 4.69) is 15.6 Å². The van der Waals surface area contributed by atoms with E-state index in [-0.39, 0.29) is 0 Å². The number of aryl methyl sites for hydroxylation is 1. The lowest BCUT2D eigenvalue weighted by atomic mass is 10.2. The van der Waals surface area contributed by atoms with Crippen molar-refractivity contribution in [2.24, 2.45) is 7.05 Å². The molecule has 3 aromatic rings. The van der Waals surface area contributed by atoms with E-state index in [4.69, 9.17) is 4.98 Å². The van der Waals surface area contributed by atoms with Crippen molar-refractivity contribution in [1.82, 2.24) is 9.97 Å². The highest BCUT2D eigenvalue weighted by Crippen LogP contribution is 2.18. The van der Waals surface area contributed by atoms with Crippen LogP contribution in [0, 0.1) is 0 Å². The van der Waals surface area contributed by atoms with E-state index in [0.29, 0.717) is 0 Å². The minimum Gasteiger partial charge on any atom is -0.255 e. The summed E-state index contributed by atoms with van der Waals surface area (Å²) in [4.78, 5) is 9.03. The largest absolute Gasteiger partial charge is 0.255 e. The molecule has 0 aliphatic rings. The van der Waals surface area contributed by atoms with Crippen LogP contribution in [0.25, 0.3) is 22.8 Å². The topological polar surface area (TPSA) is 29.7 Å². The van der Waals surface area contributed by atoms with Gasteiger partial charge in [-0.1, -0.05) is 12.1 Å². The second kappa shape index (κ2) is 4.98. The third-order valence-electron chi connectivity index (χ3n) is 2.99. The van der Waals surface area contributed by atoms with Crippen molar-refractivity contribution in [3.8, 4) is 22.8 Å². The molecule has 0 amide bonds. The zero-order valence-corrected chi connectivity index (χ0v) is 10.7. The summed E-state index contributed by atoms with van der Waals surface area (Å²) in [5.74, 6) is 0. The summed E-state index contributed by atoms with van der Waals surface area (Å²) < 4.78 is 2.06. The van der Waals surface area contributed by atoms with Gasteiger partial charge in [0.05, 0.1) is 11.4 Å². The van der Waals surface area contributed by atoms with Gasteiger partial charge in [-0.25, -0.2) is 4.98 Å². The predicted molar refractivity (Wildman–Crippen MR) is 74.1 cm³/mol. The van der Waals surface area contributed by atoms with E-state index in [9.17, 15) is 0 Å². The molecule has 0 spiro atoms. The molecular formula is C16H14N3+. The number of pyridine rings is 3. The SMILES string of the molecule is C[n+]1ccccc1-c1cccc(-c2ccccn2)n1. The van der Waals surface area contributed by atoms with Crippen LogP contribution >= 0.6 is 0 Å². The number of rotatable bonds is 2. The molecule has 3 aromatic heterocycles. The Morgan fingerprint density at radius 1 is 0.789 bits per heavy atom. The molecule has 0 aromatic carbocycles. The monoisotopic (exact) mass is 248 g/mol. The fraction of sp³-hybridized carbons (Fsp3) is 0.0625. The Kier molecular flexibility index (Phi) is 3.02. The van der Waals surface area contributed by atoms with E-state index >= 15 is 0 Å². The van der Waals surface area contributed by atoms with Gasteiger partial charge in [-0.2, -0.15) is 4.57 Å². The summed E-state index contributed by atoms with van der Waals surface area (Å²) >= 11 is 0. The van der Waals surface area contributed by atoms with E-state index in [0.717, 1.165) is 22.8 Å². The highest BCUT2D eigenvalue weighted by Gasteiger charge is 2.11. The molecule has 0 saturated carbocycles. The van der Waals surface area contributed by atoms with Gasteiger partial charge in [-0.05, 0) is 30.3 Å². The third kappa shape index (κ3) is 2.36.